The van der Waals surface area contributed by atoms with Crippen molar-refractivity contribution in [2.75, 3.05) is 16.8 Å². The van der Waals surface area contributed by atoms with Crippen LogP contribution in [-0.4, -0.2) is 22.6 Å². The Morgan fingerprint density at radius 1 is 0.964 bits per heavy atom. The fourth-order valence-corrected chi connectivity index (χ4v) is 3.19. The molecule has 0 unspecified atom stereocenters. The molecule has 1 N–H and O–H groups in total. The van der Waals surface area contributed by atoms with Gasteiger partial charge in [-0.2, -0.15) is 0 Å². The summed E-state index contributed by atoms with van der Waals surface area (Å²) in [6, 6.07) is 12.8. The Morgan fingerprint density at radius 2 is 1.79 bits per heavy atom. The van der Waals surface area contributed by atoms with Crippen LogP contribution >= 0.6 is 0 Å². The van der Waals surface area contributed by atoms with Crippen LogP contribution in [-0.2, 0) is 6.42 Å². The molecule has 0 saturated heterocycles. The molecule has 142 valence electrons. The normalized spacial score (nSPS) is 13.2. The van der Waals surface area contributed by atoms with Crippen LogP contribution in [0.15, 0.2) is 48.5 Å². The second kappa shape index (κ2) is 7.30. The van der Waals surface area contributed by atoms with Crippen LogP contribution in [0.1, 0.15) is 22.3 Å². The maximum Gasteiger partial charge on any atom is 0.259 e. The van der Waals surface area contributed by atoms with E-state index >= 15 is 0 Å². The number of aromatic nitrogens is 2. The van der Waals surface area contributed by atoms with Gasteiger partial charge < -0.3 is 10.2 Å². The Bertz CT molecular complexity index is 1040. The predicted molar refractivity (Wildman–Crippen MR) is 98.1 cm³/mol. The molecule has 0 atom stereocenters. The van der Waals surface area contributed by atoms with E-state index in [4.69, 9.17) is 0 Å². The third-order valence-electron chi connectivity index (χ3n) is 4.56. The molecule has 1 amide bonds. The number of rotatable bonds is 3. The van der Waals surface area contributed by atoms with E-state index in [0.29, 0.717) is 11.9 Å². The number of carbonyl (C=O) groups excluding carboxylic acids is 1. The summed E-state index contributed by atoms with van der Waals surface area (Å²) >= 11 is 0. The zero-order chi connectivity index (χ0) is 19.7. The first-order valence-corrected chi connectivity index (χ1v) is 8.68. The van der Waals surface area contributed by atoms with Crippen molar-refractivity contribution in [2.24, 2.45) is 0 Å². The lowest BCUT2D eigenvalue weighted by Gasteiger charge is -2.29. The largest absolute Gasteiger partial charge is 0.325 e. The van der Waals surface area contributed by atoms with Gasteiger partial charge in [0.15, 0.2) is 29.1 Å². The fourth-order valence-electron chi connectivity index (χ4n) is 3.19. The first kappa shape index (κ1) is 18.0. The molecule has 2 aromatic carbocycles. The third-order valence-corrected chi connectivity index (χ3v) is 4.56. The Hall–Kier alpha value is -3.42. The first-order valence-electron chi connectivity index (χ1n) is 8.68. The zero-order valence-corrected chi connectivity index (χ0v) is 14.6. The van der Waals surface area contributed by atoms with Gasteiger partial charge in [0.05, 0.1) is 5.56 Å². The van der Waals surface area contributed by atoms with Crippen molar-refractivity contribution >= 4 is 23.2 Å². The van der Waals surface area contributed by atoms with E-state index in [9.17, 15) is 18.0 Å². The number of nitrogens with one attached hydrogen (secondary N) is 1. The molecule has 1 aliphatic rings. The summed E-state index contributed by atoms with van der Waals surface area (Å²) < 4.78 is 40.1. The third kappa shape index (κ3) is 3.28. The number of benzene rings is 2. The summed E-state index contributed by atoms with van der Waals surface area (Å²) in [5.74, 6) is -4.86. The summed E-state index contributed by atoms with van der Waals surface area (Å²) in [5, 5.41) is 10.4. The molecule has 0 spiro atoms. The van der Waals surface area contributed by atoms with E-state index in [1.54, 1.807) is 6.07 Å². The van der Waals surface area contributed by atoms with E-state index in [1.165, 1.54) is 11.6 Å². The van der Waals surface area contributed by atoms with Crippen molar-refractivity contribution in [3.8, 4) is 0 Å². The van der Waals surface area contributed by atoms with E-state index < -0.39 is 28.9 Å². The zero-order valence-electron chi connectivity index (χ0n) is 14.6. The number of aryl methyl sites for hydroxylation is 1. The number of amides is 1. The summed E-state index contributed by atoms with van der Waals surface area (Å²) in [5.41, 5.74) is 1.67. The van der Waals surface area contributed by atoms with E-state index in [-0.39, 0.29) is 5.82 Å². The van der Waals surface area contributed by atoms with Gasteiger partial charge in [-0.1, -0.05) is 18.2 Å². The molecule has 1 aromatic heterocycles. The quantitative estimate of drug-likeness (QED) is 0.687. The lowest BCUT2D eigenvalue weighted by molar-refractivity contribution is 0.102. The Kier molecular flexibility index (Phi) is 4.68. The van der Waals surface area contributed by atoms with Gasteiger partial charge in [-0.05, 0) is 48.7 Å². The molecule has 0 saturated carbocycles. The maximum atomic E-state index is 13.7. The molecule has 2 heterocycles. The number of hydrogen-bond donors (Lipinski definition) is 1. The minimum absolute atomic E-state index is 0.0724. The van der Waals surface area contributed by atoms with Crippen LogP contribution in [0.5, 0.6) is 0 Å². The summed E-state index contributed by atoms with van der Waals surface area (Å²) in [7, 11) is 0. The fraction of sp³-hybridized carbons (Fsp3) is 0.150. The Labute approximate surface area is 158 Å². The van der Waals surface area contributed by atoms with Crippen LogP contribution < -0.4 is 10.2 Å². The van der Waals surface area contributed by atoms with Crippen molar-refractivity contribution in [3.05, 3.63) is 77.1 Å². The standard InChI is InChI=1S/C20H15F3N4O/c21-14-8-7-13(18(22)19(14)23)20(28)24-16-9-10-17(26-25-16)27-11-3-5-12-4-1-2-6-15(12)27/h1-2,4,6-10H,3,5,11H2,(H,24,25,28). The van der Waals surface area contributed by atoms with Gasteiger partial charge >= 0.3 is 0 Å². The molecule has 0 bridgehead atoms. The van der Waals surface area contributed by atoms with Gasteiger partial charge in [0.25, 0.3) is 5.91 Å². The second-order valence-corrected chi connectivity index (χ2v) is 6.34. The van der Waals surface area contributed by atoms with Gasteiger partial charge in [0.1, 0.15) is 0 Å². The van der Waals surface area contributed by atoms with Gasteiger partial charge in [0, 0.05) is 12.2 Å². The predicted octanol–water partition coefficient (Wildman–Crippen LogP) is 4.23. The van der Waals surface area contributed by atoms with Crippen LogP contribution in [0.3, 0.4) is 0 Å². The topological polar surface area (TPSA) is 58.1 Å². The van der Waals surface area contributed by atoms with Crippen molar-refractivity contribution in [3.63, 3.8) is 0 Å². The molecule has 8 heteroatoms. The molecule has 0 radical (unpaired) electrons. The van der Waals surface area contributed by atoms with Crippen molar-refractivity contribution < 1.29 is 18.0 Å². The highest BCUT2D eigenvalue weighted by Gasteiger charge is 2.21. The Balaban J connectivity index is 1.53. The van der Waals surface area contributed by atoms with Gasteiger partial charge in [-0.15, -0.1) is 10.2 Å². The van der Waals surface area contributed by atoms with Gasteiger partial charge in [0.2, 0.25) is 0 Å². The van der Waals surface area contributed by atoms with E-state index in [1.807, 2.05) is 23.1 Å². The van der Waals surface area contributed by atoms with Crippen LogP contribution in [0.4, 0.5) is 30.5 Å². The highest BCUT2D eigenvalue weighted by molar-refractivity contribution is 6.03. The molecule has 5 nitrogen and oxygen atoms in total. The minimum atomic E-state index is -1.70. The number of carbonyl (C=O) groups is 1. The van der Waals surface area contributed by atoms with Crippen molar-refractivity contribution in [1.82, 2.24) is 10.2 Å². The average Bonchev–Trinajstić information content (AvgIpc) is 2.72. The lowest BCUT2D eigenvalue weighted by atomic mass is 10.0. The van der Waals surface area contributed by atoms with Crippen LogP contribution in [0.25, 0.3) is 0 Å². The number of fused-ring (bicyclic) bond motifs is 1. The number of hydrogen-bond acceptors (Lipinski definition) is 4. The first-order chi connectivity index (χ1) is 13.5. The van der Waals surface area contributed by atoms with Crippen LogP contribution in [0, 0.1) is 17.5 Å². The van der Waals surface area contributed by atoms with Gasteiger partial charge in [-0.3, -0.25) is 4.79 Å². The number of nitrogens with zero attached hydrogens (tertiary/aromatic N) is 3. The van der Waals surface area contributed by atoms with Crippen molar-refractivity contribution in [1.29, 1.82) is 0 Å². The van der Waals surface area contributed by atoms with Crippen LogP contribution in [0.2, 0.25) is 0 Å². The molecular formula is C20H15F3N4O. The second-order valence-electron chi connectivity index (χ2n) is 6.34. The Morgan fingerprint density at radius 3 is 2.57 bits per heavy atom. The van der Waals surface area contributed by atoms with Gasteiger partial charge in [-0.25, -0.2) is 13.2 Å². The summed E-state index contributed by atoms with van der Waals surface area (Å²) in [4.78, 5) is 14.2. The smallest absolute Gasteiger partial charge is 0.259 e. The highest BCUT2D eigenvalue weighted by atomic mass is 19.2. The van der Waals surface area contributed by atoms with E-state index in [0.717, 1.165) is 31.1 Å². The molecule has 0 aliphatic carbocycles. The molecule has 0 fully saturated rings. The minimum Gasteiger partial charge on any atom is -0.325 e. The molecule has 3 aromatic rings. The summed E-state index contributed by atoms with van der Waals surface area (Å²) in [6.45, 7) is 0.789. The molecule has 28 heavy (non-hydrogen) atoms. The van der Waals surface area contributed by atoms with E-state index in [2.05, 4.69) is 21.6 Å². The van der Waals surface area contributed by atoms with Crippen molar-refractivity contribution in [2.45, 2.75) is 12.8 Å². The molecule has 4 rings (SSSR count). The SMILES string of the molecule is O=C(Nc1ccc(N2CCCc3ccccc32)nn1)c1ccc(F)c(F)c1F. The maximum absolute atomic E-state index is 13.7. The highest BCUT2D eigenvalue weighted by Crippen LogP contribution is 2.32. The number of halogens is 3. The summed E-state index contributed by atoms with van der Waals surface area (Å²) in [6.07, 6.45) is 1.97. The molecular weight excluding hydrogens is 369 g/mol. The average molecular weight is 384 g/mol. The molecule has 1 aliphatic heterocycles. The number of para-hydroxylation sites is 1. The lowest BCUT2D eigenvalue weighted by Crippen LogP contribution is -2.25. The monoisotopic (exact) mass is 384 g/mol. The number of anilines is 3.